The summed E-state index contributed by atoms with van der Waals surface area (Å²) in [6.07, 6.45) is -1.24. The first kappa shape index (κ1) is 14.9. The monoisotopic (exact) mass is 297 g/mol. The summed E-state index contributed by atoms with van der Waals surface area (Å²) in [5.74, 6) is -1.84. The Morgan fingerprint density at radius 2 is 1.90 bits per heavy atom. The molecule has 0 bridgehead atoms. The van der Waals surface area contributed by atoms with Crippen LogP contribution in [0.3, 0.4) is 0 Å². The summed E-state index contributed by atoms with van der Waals surface area (Å²) < 4.78 is 26.9. The normalized spacial score (nSPS) is 14.1. The minimum absolute atomic E-state index is 0.0808. The summed E-state index contributed by atoms with van der Waals surface area (Å²) in [7, 11) is 0. The second-order valence-electron chi connectivity index (χ2n) is 4.51. The second-order valence-corrected chi connectivity index (χ2v) is 4.94. The smallest absolute Gasteiger partial charge is 0.129 e. The molecule has 0 saturated carbocycles. The van der Waals surface area contributed by atoms with Gasteiger partial charge in [0.05, 0.1) is 6.10 Å². The highest BCUT2D eigenvalue weighted by atomic mass is 35.5. The van der Waals surface area contributed by atoms with Gasteiger partial charge < -0.3 is 10.8 Å². The van der Waals surface area contributed by atoms with Gasteiger partial charge in [0.25, 0.3) is 0 Å². The zero-order valence-electron chi connectivity index (χ0n) is 10.6. The van der Waals surface area contributed by atoms with Gasteiger partial charge in [-0.1, -0.05) is 23.7 Å². The Morgan fingerprint density at radius 1 is 1.15 bits per heavy atom. The van der Waals surface area contributed by atoms with Gasteiger partial charge >= 0.3 is 0 Å². The predicted octanol–water partition coefficient (Wildman–Crippen LogP) is 3.39. The molecule has 0 aliphatic heterocycles. The molecule has 106 valence electrons. The van der Waals surface area contributed by atoms with Crippen molar-refractivity contribution in [3.8, 4) is 0 Å². The van der Waals surface area contributed by atoms with E-state index >= 15 is 0 Å². The van der Waals surface area contributed by atoms with E-state index in [0.29, 0.717) is 10.6 Å². The summed E-state index contributed by atoms with van der Waals surface area (Å²) in [4.78, 5) is 0. The van der Waals surface area contributed by atoms with Crippen molar-refractivity contribution < 1.29 is 13.9 Å². The van der Waals surface area contributed by atoms with E-state index in [1.165, 1.54) is 0 Å². The van der Waals surface area contributed by atoms with Gasteiger partial charge in [0.2, 0.25) is 0 Å². The van der Waals surface area contributed by atoms with E-state index in [9.17, 15) is 13.9 Å². The van der Waals surface area contributed by atoms with E-state index in [0.717, 1.165) is 18.2 Å². The standard InChI is InChI=1S/C15H14ClF2NO/c16-10-3-1-2-9(6-10)13(8-19)15(20)12-7-11(17)4-5-14(12)18/h1-7,13,15,20H,8,19H2. The largest absolute Gasteiger partial charge is 0.388 e. The minimum Gasteiger partial charge on any atom is -0.388 e. The molecule has 0 saturated heterocycles. The lowest BCUT2D eigenvalue weighted by Gasteiger charge is -2.23. The van der Waals surface area contributed by atoms with Crippen molar-refractivity contribution in [3.05, 3.63) is 70.2 Å². The first-order valence-electron chi connectivity index (χ1n) is 6.11. The number of aliphatic hydroxyl groups is 1. The summed E-state index contributed by atoms with van der Waals surface area (Å²) in [5.41, 5.74) is 6.23. The van der Waals surface area contributed by atoms with E-state index in [-0.39, 0.29) is 12.1 Å². The Balaban J connectivity index is 2.38. The molecule has 2 nitrogen and oxygen atoms in total. The highest BCUT2D eigenvalue weighted by molar-refractivity contribution is 6.30. The van der Waals surface area contributed by atoms with Gasteiger partial charge in [0.1, 0.15) is 11.6 Å². The van der Waals surface area contributed by atoms with Crippen LogP contribution in [0.15, 0.2) is 42.5 Å². The van der Waals surface area contributed by atoms with Crippen molar-refractivity contribution in [2.75, 3.05) is 6.54 Å². The van der Waals surface area contributed by atoms with Crippen LogP contribution < -0.4 is 5.73 Å². The number of rotatable bonds is 4. The summed E-state index contributed by atoms with van der Waals surface area (Å²) >= 11 is 5.90. The van der Waals surface area contributed by atoms with Crippen LogP contribution in [-0.4, -0.2) is 11.7 Å². The topological polar surface area (TPSA) is 46.2 Å². The molecule has 2 unspecified atom stereocenters. The van der Waals surface area contributed by atoms with Crippen LogP contribution in [0.5, 0.6) is 0 Å². The molecule has 3 N–H and O–H groups in total. The molecule has 5 heteroatoms. The van der Waals surface area contributed by atoms with Crippen molar-refractivity contribution in [3.63, 3.8) is 0 Å². The Kier molecular flexibility index (Phi) is 4.70. The van der Waals surface area contributed by atoms with Crippen LogP contribution in [0, 0.1) is 11.6 Å². The quantitative estimate of drug-likeness (QED) is 0.908. The molecule has 20 heavy (non-hydrogen) atoms. The van der Waals surface area contributed by atoms with Gasteiger partial charge in [0.15, 0.2) is 0 Å². The van der Waals surface area contributed by atoms with Gasteiger partial charge in [-0.3, -0.25) is 0 Å². The molecule has 0 spiro atoms. The zero-order valence-corrected chi connectivity index (χ0v) is 11.3. The summed E-state index contributed by atoms with van der Waals surface area (Å²) in [5, 5.41) is 10.8. The molecule has 2 atom stereocenters. The summed E-state index contributed by atoms with van der Waals surface area (Å²) in [6.45, 7) is 0.0808. The van der Waals surface area contributed by atoms with Crippen molar-refractivity contribution >= 4 is 11.6 Å². The third-order valence-corrected chi connectivity index (χ3v) is 3.42. The SMILES string of the molecule is NCC(c1cccc(Cl)c1)C(O)c1cc(F)ccc1F. The molecule has 2 aromatic rings. The fourth-order valence-corrected chi connectivity index (χ4v) is 2.34. The lowest BCUT2D eigenvalue weighted by Crippen LogP contribution is -2.21. The molecule has 2 aromatic carbocycles. The second kappa shape index (κ2) is 6.31. The first-order chi connectivity index (χ1) is 9.52. The molecular formula is C15H14ClF2NO. The molecular weight excluding hydrogens is 284 g/mol. The minimum atomic E-state index is -1.24. The number of benzene rings is 2. The molecule has 0 radical (unpaired) electrons. The maximum atomic E-state index is 13.7. The van der Waals surface area contributed by atoms with Gasteiger partial charge in [-0.15, -0.1) is 0 Å². The number of hydrogen-bond donors (Lipinski definition) is 2. The highest BCUT2D eigenvalue weighted by Crippen LogP contribution is 2.32. The molecule has 0 amide bonds. The van der Waals surface area contributed by atoms with E-state index in [1.807, 2.05) is 0 Å². The molecule has 0 heterocycles. The van der Waals surface area contributed by atoms with Crippen molar-refractivity contribution in [1.82, 2.24) is 0 Å². The highest BCUT2D eigenvalue weighted by Gasteiger charge is 2.24. The van der Waals surface area contributed by atoms with Gasteiger partial charge in [-0.25, -0.2) is 8.78 Å². The van der Waals surface area contributed by atoms with Crippen LogP contribution in [0.2, 0.25) is 5.02 Å². The Bertz CT molecular complexity index is 606. The number of aliphatic hydroxyl groups excluding tert-OH is 1. The maximum Gasteiger partial charge on any atom is 0.129 e. The first-order valence-corrected chi connectivity index (χ1v) is 6.49. The lowest BCUT2D eigenvalue weighted by atomic mass is 9.89. The van der Waals surface area contributed by atoms with Crippen LogP contribution in [-0.2, 0) is 0 Å². The Labute approximate surface area is 120 Å². The average molecular weight is 298 g/mol. The van der Waals surface area contributed by atoms with Crippen molar-refractivity contribution in [2.24, 2.45) is 5.73 Å². The third kappa shape index (κ3) is 3.15. The number of nitrogens with two attached hydrogens (primary N) is 1. The molecule has 0 aliphatic rings. The van der Waals surface area contributed by atoms with Gasteiger partial charge in [0, 0.05) is 23.0 Å². The Morgan fingerprint density at radius 3 is 2.55 bits per heavy atom. The van der Waals surface area contributed by atoms with Gasteiger partial charge in [-0.2, -0.15) is 0 Å². The molecule has 0 fully saturated rings. The van der Waals surface area contributed by atoms with Gasteiger partial charge in [-0.05, 0) is 35.9 Å². The van der Waals surface area contributed by atoms with E-state index in [4.69, 9.17) is 17.3 Å². The maximum absolute atomic E-state index is 13.7. The van der Waals surface area contributed by atoms with E-state index < -0.39 is 23.7 Å². The lowest BCUT2D eigenvalue weighted by molar-refractivity contribution is 0.142. The number of halogens is 3. The molecule has 2 rings (SSSR count). The van der Waals surface area contributed by atoms with Crippen LogP contribution in [0.4, 0.5) is 8.78 Å². The zero-order chi connectivity index (χ0) is 14.7. The van der Waals surface area contributed by atoms with Crippen LogP contribution in [0.1, 0.15) is 23.1 Å². The van der Waals surface area contributed by atoms with E-state index in [2.05, 4.69) is 0 Å². The fraction of sp³-hybridized carbons (Fsp3) is 0.200. The fourth-order valence-electron chi connectivity index (χ4n) is 2.14. The van der Waals surface area contributed by atoms with E-state index in [1.54, 1.807) is 24.3 Å². The third-order valence-electron chi connectivity index (χ3n) is 3.19. The van der Waals surface area contributed by atoms with Crippen LogP contribution in [0.25, 0.3) is 0 Å². The molecule has 0 aromatic heterocycles. The van der Waals surface area contributed by atoms with Crippen molar-refractivity contribution in [1.29, 1.82) is 0 Å². The summed E-state index contributed by atoms with van der Waals surface area (Å²) in [6, 6.07) is 9.77. The predicted molar refractivity (Wildman–Crippen MR) is 74.6 cm³/mol. The number of hydrogen-bond acceptors (Lipinski definition) is 2. The molecule has 0 aliphatic carbocycles. The average Bonchev–Trinajstić information content (AvgIpc) is 2.42. The van der Waals surface area contributed by atoms with Crippen LogP contribution >= 0.6 is 11.6 Å². The van der Waals surface area contributed by atoms with Crippen molar-refractivity contribution in [2.45, 2.75) is 12.0 Å². The Hall–Kier alpha value is -1.49.